The molecule has 1 aliphatic carbocycles. The van der Waals surface area contributed by atoms with Gasteiger partial charge in [0.1, 0.15) is 0 Å². The smallest absolute Gasteiger partial charge is 0.330 e. The summed E-state index contributed by atoms with van der Waals surface area (Å²) in [6.45, 7) is 0. The van der Waals surface area contributed by atoms with E-state index < -0.39 is 16.2 Å². The molecule has 1 aromatic carbocycles. The maximum absolute atomic E-state index is 13.1. The molecule has 0 saturated heterocycles. The molecule has 0 atom stereocenters. The molecular weight excluding hydrogens is 440 g/mol. The van der Waals surface area contributed by atoms with E-state index in [0.717, 1.165) is 30.3 Å². The van der Waals surface area contributed by atoms with Crippen LogP contribution in [0.5, 0.6) is 0 Å². The number of benzene rings is 1. The minimum atomic E-state index is -0.445. The zero-order valence-corrected chi connectivity index (χ0v) is 17.8. The molecule has 1 aliphatic rings. The van der Waals surface area contributed by atoms with Crippen LogP contribution < -0.4 is 11.2 Å². The zero-order valence-electron chi connectivity index (χ0n) is 16.2. The number of nitro benzene ring substituents is 1. The van der Waals surface area contributed by atoms with E-state index in [1.807, 2.05) is 6.20 Å². The van der Waals surface area contributed by atoms with E-state index in [1.54, 1.807) is 13.1 Å². The lowest BCUT2D eigenvalue weighted by Gasteiger charge is -2.25. The monoisotopic (exact) mass is 460 g/mol. The van der Waals surface area contributed by atoms with Gasteiger partial charge >= 0.3 is 5.69 Å². The first-order valence-electron chi connectivity index (χ1n) is 9.56. The number of rotatable bonds is 3. The molecule has 2 heterocycles. The van der Waals surface area contributed by atoms with E-state index in [2.05, 4.69) is 20.5 Å². The lowest BCUT2D eigenvalue weighted by atomic mass is 9.94. The van der Waals surface area contributed by atoms with E-state index in [4.69, 9.17) is 0 Å². The average Bonchev–Trinajstić information content (AvgIpc) is 3.12. The summed E-state index contributed by atoms with van der Waals surface area (Å²) in [5.74, 6) is 0. The van der Waals surface area contributed by atoms with Crippen molar-refractivity contribution in [1.29, 1.82) is 0 Å². The van der Waals surface area contributed by atoms with Crippen LogP contribution in [0, 0.1) is 10.1 Å². The minimum absolute atomic E-state index is 0.0469. The second-order valence-electron chi connectivity index (χ2n) is 7.56. The van der Waals surface area contributed by atoms with Gasteiger partial charge in [0, 0.05) is 48.5 Å². The Bertz CT molecular complexity index is 1250. The van der Waals surface area contributed by atoms with Crippen molar-refractivity contribution in [3.63, 3.8) is 0 Å². The van der Waals surface area contributed by atoms with Crippen LogP contribution in [0.15, 0.2) is 38.5 Å². The van der Waals surface area contributed by atoms with Gasteiger partial charge in [-0.15, -0.1) is 0 Å². The van der Waals surface area contributed by atoms with Gasteiger partial charge in [-0.1, -0.05) is 35.2 Å². The highest BCUT2D eigenvalue weighted by Crippen LogP contribution is 2.40. The van der Waals surface area contributed by atoms with Crippen LogP contribution in [0.1, 0.15) is 38.1 Å². The molecule has 8 nitrogen and oxygen atoms in total. The number of hydrogen-bond acceptors (Lipinski definition) is 4. The molecule has 1 fully saturated rings. The number of aryl methyl sites for hydroxylation is 1. The van der Waals surface area contributed by atoms with Crippen LogP contribution in [0.4, 0.5) is 5.69 Å². The molecule has 1 saturated carbocycles. The summed E-state index contributed by atoms with van der Waals surface area (Å²) in [4.78, 5) is 36.5. The van der Waals surface area contributed by atoms with E-state index in [-0.39, 0.29) is 11.7 Å². The number of non-ortho nitro benzene ring substituents is 1. The van der Waals surface area contributed by atoms with E-state index >= 15 is 0 Å². The number of fused-ring (bicyclic) bond motifs is 1. The number of nitro groups is 1. The highest BCUT2D eigenvalue weighted by Gasteiger charge is 2.26. The maximum atomic E-state index is 13.1. The molecule has 4 rings (SSSR count). The summed E-state index contributed by atoms with van der Waals surface area (Å²) in [6, 6.07) is 4.72. The van der Waals surface area contributed by atoms with E-state index in [9.17, 15) is 19.7 Å². The van der Waals surface area contributed by atoms with Crippen LogP contribution in [0.2, 0.25) is 0 Å². The topological polar surface area (TPSA) is 92.1 Å². The third kappa shape index (κ3) is 3.13. The fourth-order valence-corrected chi connectivity index (χ4v) is 4.72. The first-order chi connectivity index (χ1) is 13.8. The summed E-state index contributed by atoms with van der Waals surface area (Å²) >= 11 is 3.51. The average molecular weight is 461 g/mol. The Morgan fingerprint density at radius 3 is 2.45 bits per heavy atom. The Kier molecular flexibility index (Phi) is 4.94. The molecule has 0 N–H and O–H groups in total. The van der Waals surface area contributed by atoms with Gasteiger partial charge in [0.25, 0.3) is 11.2 Å². The fourth-order valence-electron chi connectivity index (χ4n) is 4.29. The van der Waals surface area contributed by atoms with E-state index in [1.165, 1.54) is 30.2 Å². The lowest BCUT2D eigenvalue weighted by molar-refractivity contribution is -0.384. The Labute approximate surface area is 174 Å². The Morgan fingerprint density at radius 2 is 1.79 bits per heavy atom. The molecule has 29 heavy (non-hydrogen) atoms. The third-order valence-electron chi connectivity index (χ3n) is 5.85. The standard InChI is InChI=1S/C20H21BrN4O4/c1-22-16-11-24(12-6-4-3-5-7-12)18(17(16)19(26)23(2)20(22)27)14-10-13(25(28)29)8-9-15(14)21/h8-12H,3-7H2,1-2H3. The molecular formula is C20H21BrN4O4. The Balaban J connectivity index is 2.14. The first kappa shape index (κ1) is 19.6. The van der Waals surface area contributed by atoms with Gasteiger partial charge in [-0.25, -0.2) is 4.79 Å². The van der Waals surface area contributed by atoms with Gasteiger partial charge in [-0.2, -0.15) is 0 Å². The number of aromatic nitrogens is 3. The maximum Gasteiger partial charge on any atom is 0.330 e. The van der Waals surface area contributed by atoms with Crippen molar-refractivity contribution in [2.24, 2.45) is 14.1 Å². The molecule has 0 aliphatic heterocycles. The quantitative estimate of drug-likeness (QED) is 0.437. The molecule has 0 unspecified atom stereocenters. The van der Waals surface area contributed by atoms with Gasteiger partial charge in [-0.05, 0) is 18.9 Å². The van der Waals surface area contributed by atoms with Crippen LogP contribution in [-0.2, 0) is 14.1 Å². The zero-order chi connectivity index (χ0) is 20.9. The van der Waals surface area contributed by atoms with Crippen molar-refractivity contribution in [3.05, 3.63) is 59.8 Å². The number of halogens is 1. The molecule has 2 aromatic heterocycles. The predicted molar refractivity (Wildman–Crippen MR) is 114 cm³/mol. The third-order valence-corrected chi connectivity index (χ3v) is 6.54. The van der Waals surface area contributed by atoms with Crippen LogP contribution in [-0.4, -0.2) is 18.6 Å². The van der Waals surface area contributed by atoms with Crippen molar-refractivity contribution in [2.45, 2.75) is 38.1 Å². The van der Waals surface area contributed by atoms with Gasteiger partial charge < -0.3 is 4.57 Å². The second kappa shape index (κ2) is 7.29. The molecule has 0 radical (unpaired) electrons. The molecule has 0 spiro atoms. The highest BCUT2D eigenvalue weighted by molar-refractivity contribution is 9.10. The highest BCUT2D eigenvalue weighted by atomic mass is 79.9. The predicted octanol–water partition coefficient (Wildman–Crippen LogP) is 3.88. The van der Waals surface area contributed by atoms with Crippen LogP contribution in [0.25, 0.3) is 22.2 Å². The van der Waals surface area contributed by atoms with Gasteiger partial charge in [0.05, 0.1) is 21.5 Å². The summed E-state index contributed by atoms with van der Waals surface area (Å²) in [5.41, 5.74) is 0.902. The molecule has 9 heteroatoms. The summed E-state index contributed by atoms with van der Waals surface area (Å²) in [5, 5.41) is 11.8. The van der Waals surface area contributed by atoms with Crippen LogP contribution >= 0.6 is 15.9 Å². The summed E-state index contributed by atoms with van der Waals surface area (Å²) in [7, 11) is 3.09. The molecule has 0 bridgehead atoms. The van der Waals surface area contributed by atoms with Crippen molar-refractivity contribution >= 4 is 32.5 Å². The normalized spacial score (nSPS) is 15.1. The Hall–Kier alpha value is -2.68. The molecule has 3 aromatic rings. The largest absolute Gasteiger partial charge is 0.342 e. The SMILES string of the molecule is Cn1c(=O)c2c(-c3cc([N+](=O)[O-])ccc3Br)n(C3CCCCC3)cc2n(C)c1=O. The minimum Gasteiger partial charge on any atom is -0.342 e. The number of hydrogen-bond donors (Lipinski definition) is 0. The summed E-state index contributed by atoms with van der Waals surface area (Å²) in [6.07, 6.45) is 7.14. The Morgan fingerprint density at radius 1 is 1.10 bits per heavy atom. The van der Waals surface area contributed by atoms with Gasteiger partial charge in [0.2, 0.25) is 0 Å². The number of nitrogens with zero attached hydrogens (tertiary/aromatic N) is 4. The van der Waals surface area contributed by atoms with E-state index in [0.29, 0.717) is 26.6 Å². The first-order valence-corrected chi connectivity index (χ1v) is 10.4. The summed E-state index contributed by atoms with van der Waals surface area (Å²) < 4.78 is 5.26. The van der Waals surface area contributed by atoms with Gasteiger partial charge in [-0.3, -0.25) is 24.0 Å². The van der Waals surface area contributed by atoms with Crippen molar-refractivity contribution in [3.8, 4) is 11.3 Å². The second-order valence-corrected chi connectivity index (χ2v) is 8.42. The molecule has 152 valence electrons. The van der Waals surface area contributed by atoms with Gasteiger partial charge in [0.15, 0.2) is 0 Å². The van der Waals surface area contributed by atoms with Crippen LogP contribution in [0.3, 0.4) is 0 Å². The lowest BCUT2D eigenvalue weighted by Crippen LogP contribution is -2.36. The van der Waals surface area contributed by atoms with Crippen molar-refractivity contribution < 1.29 is 4.92 Å². The van der Waals surface area contributed by atoms with Crippen molar-refractivity contribution in [2.75, 3.05) is 0 Å². The fraction of sp³-hybridized carbons (Fsp3) is 0.400. The van der Waals surface area contributed by atoms with Crippen molar-refractivity contribution in [1.82, 2.24) is 13.7 Å². The molecule has 0 amide bonds.